The molecular weight excluding hydrogens is 390 g/mol. The van der Waals surface area contributed by atoms with Gasteiger partial charge in [-0.1, -0.05) is 0 Å². The molecule has 2 heterocycles. The summed E-state index contributed by atoms with van der Waals surface area (Å²) in [5.41, 5.74) is 3.89. The highest BCUT2D eigenvalue weighted by molar-refractivity contribution is 7.80. The molecule has 0 bridgehead atoms. The van der Waals surface area contributed by atoms with Gasteiger partial charge in [-0.2, -0.15) is 4.80 Å². The third-order valence-electron chi connectivity index (χ3n) is 4.25. The fraction of sp³-hybridized carbons (Fsp3) is 0.100. The van der Waals surface area contributed by atoms with E-state index in [9.17, 15) is 4.79 Å². The lowest BCUT2D eigenvalue weighted by Gasteiger charge is -2.10. The molecule has 29 heavy (non-hydrogen) atoms. The number of nitrogens with zero attached hydrogens (tertiary/aromatic N) is 3. The maximum absolute atomic E-state index is 12.0. The Morgan fingerprint density at radius 1 is 1.14 bits per heavy atom. The molecule has 0 unspecified atom stereocenters. The number of anilines is 1. The number of furan rings is 1. The van der Waals surface area contributed by atoms with Crippen molar-refractivity contribution in [1.29, 1.82) is 0 Å². The minimum atomic E-state index is -0.420. The van der Waals surface area contributed by atoms with Crippen LogP contribution in [0.4, 0.5) is 5.69 Å². The Labute approximate surface area is 171 Å². The van der Waals surface area contributed by atoms with Gasteiger partial charge in [0, 0.05) is 5.69 Å². The second-order valence-corrected chi connectivity index (χ2v) is 6.64. The Kier molecular flexibility index (Phi) is 4.96. The van der Waals surface area contributed by atoms with Crippen LogP contribution in [-0.2, 0) is 0 Å². The number of hydrogen-bond donors (Lipinski definition) is 2. The van der Waals surface area contributed by atoms with E-state index in [-0.39, 0.29) is 10.9 Å². The van der Waals surface area contributed by atoms with Crippen LogP contribution >= 0.6 is 12.2 Å². The second kappa shape index (κ2) is 7.72. The molecule has 0 saturated carbocycles. The summed E-state index contributed by atoms with van der Waals surface area (Å²) in [4.78, 5) is 13.6. The van der Waals surface area contributed by atoms with Crippen LogP contribution in [0.2, 0.25) is 0 Å². The topological polar surface area (TPSA) is 94.2 Å². The molecule has 2 aromatic carbocycles. The van der Waals surface area contributed by atoms with E-state index in [4.69, 9.17) is 21.4 Å². The average molecular weight is 407 g/mol. The number of aromatic nitrogens is 3. The van der Waals surface area contributed by atoms with Gasteiger partial charge < -0.3 is 14.5 Å². The van der Waals surface area contributed by atoms with Gasteiger partial charge in [0.1, 0.15) is 16.8 Å². The van der Waals surface area contributed by atoms with Gasteiger partial charge in [-0.05, 0) is 73.2 Å². The first kappa shape index (κ1) is 18.6. The number of ether oxygens (including phenoxy) is 1. The van der Waals surface area contributed by atoms with E-state index in [0.717, 1.165) is 28.2 Å². The summed E-state index contributed by atoms with van der Waals surface area (Å²) in [5.74, 6) is 0.526. The number of carbonyl (C=O) groups excluding carboxylic acids is 1. The number of carbonyl (C=O) groups is 1. The summed E-state index contributed by atoms with van der Waals surface area (Å²) in [6, 6.07) is 14.4. The minimum absolute atomic E-state index is 0.163. The molecule has 1 amide bonds. The lowest BCUT2D eigenvalue weighted by Crippen LogP contribution is -2.34. The highest BCUT2D eigenvalue weighted by Crippen LogP contribution is 2.22. The minimum Gasteiger partial charge on any atom is -0.497 e. The normalized spacial score (nSPS) is 10.7. The van der Waals surface area contributed by atoms with Crippen molar-refractivity contribution in [1.82, 2.24) is 20.3 Å². The van der Waals surface area contributed by atoms with E-state index < -0.39 is 5.91 Å². The third kappa shape index (κ3) is 3.94. The Morgan fingerprint density at radius 3 is 2.52 bits per heavy atom. The molecule has 2 N–H and O–H groups in total. The highest BCUT2D eigenvalue weighted by Gasteiger charge is 2.13. The number of thiocarbonyl (C=S) groups is 1. The maximum Gasteiger partial charge on any atom is 0.293 e. The van der Waals surface area contributed by atoms with Crippen molar-refractivity contribution < 1.29 is 13.9 Å². The molecule has 0 spiro atoms. The Hall–Kier alpha value is -3.72. The van der Waals surface area contributed by atoms with Crippen LogP contribution in [0.5, 0.6) is 5.75 Å². The molecule has 146 valence electrons. The summed E-state index contributed by atoms with van der Waals surface area (Å²) in [7, 11) is 1.62. The van der Waals surface area contributed by atoms with Crippen molar-refractivity contribution in [2.24, 2.45) is 0 Å². The summed E-state index contributed by atoms with van der Waals surface area (Å²) < 4.78 is 10.2. The molecule has 0 radical (unpaired) electrons. The lowest BCUT2D eigenvalue weighted by molar-refractivity contribution is 0.0950. The molecule has 0 fully saturated rings. The largest absolute Gasteiger partial charge is 0.497 e. The van der Waals surface area contributed by atoms with Crippen LogP contribution in [-0.4, -0.2) is 33.1 Å². The number of hydrogen-bond acceptors (Lipinski definition) is 6. The molecule has 0 aliphatic carbocycles. The molecular formula is C20H17N5O3S. The number of fused-ring (bicyclic) bond motifs is 1. The van der Waals surface area contributed by atoms with Gasteiger partial charge in [0.15, 0.2) is 10.9 Å². The van der Waals surface area contributed by atoms with Crippen LogP contribution < -0.4 is 15.4 Å². The van der Waals surface area contributed by atoms with Gasteiger partial charge in [-0.25, -0.2) is 0 Å². The van der Waals surface area contributed by atoms with Crippen LogP contribution in [0.3, 0.4) is 0 Å². The Bertz CT molecular complexity index is 1180. The van der Waals surface area contributed by atoms with Crippen molar-refractivity contribution in [3.8, 4) is 11.4 Å². The molecule has 0 aliphatic rings. The van der Waals surface area contributed by atoms with Crippen molar-refractivity contribution >= 4 is 40.0 Å². The molecule has 8 nitrogen and oxygen atoms in total. The van der Waals surface area contributed by atoms with Crippen LogP contribution in [0.1, 0.15) is 16.1 Å². The van der Waals surface area contributed by atoms with E-state index >= 15 is 0 Å². The number of benzene rings is 2. The standard InChI is InChI=1S/C20H17N5O3S/c1-12-10-16-17(24-25(23-16)13-5-7-14(27-2)8-6-13)11-15(12)21-20(29)22-19(26)18-4-3-9-28-18/h3-11H,1-2H3,(H2,21,22,26,29). The molecule has 0 aliphatic heterocycles. The number of aryl methyl sites for hydroxylation is 1. The van der Waals surface area contributed by atoms with Crippen molar-refractivity contribution in [2.75, 3.05) is 12.4 Å². The molecule has 4 aromatic rings. The maximum atomic E-state index is 12.0. The predicted molar refractivity (Wildman–Crippen MR) is 113 cm³/mol. The van der Waals surface area contributed by atoms with E-state index in [1.165, 1.54) is 6.26 Å². The SMILES string of the molecule is COc1ccc(-n2nc3cc(C)c(NC(=S)NC(=O)c4ccco4)cc3n2)cc1. The summed E-state index contributed by atoms with van der Waals surface area (Å²) in [6.45, 7) is 1.92. The fourth-order valence-corrected chi connectivity index (χ4v) is 2.96. The number of rotatable bonds is 4. The molecule has 9 heteroatoms. The van der Waals surface area contributed by atoms with E-state index in [0.29, 0.717) is 5.52 Å². The van der Waals surface area contributed by atoms with Gasteiger partial charge >= 0.3 is 0 Å². The van der Waals surface area contributed by atoms with Crippen molar-refractivity contribution in [2.45, 2.75) is 6.92 Å². The zero-order valence-electron chi connectivity index (χ0n) is 15.7. The Balaban J connectivity index is 1.55. The molecule has 0 atom stereocenters. The summed E-state index contributed by atoms with van der Waals surface area (Å²) in [6.07, 6.45) is 1.43. The zero-order valence-corrected chi connectivity index (χ0v) is 16.5. The van der Waals surface area contributed by atoms with Crippen molar-refractivity contribution in [3.63, 3.8) is 0 Å². The quantitative estimate of drug-likeness (QED) is 0.500. The second-order valence-electron chi connectivity index (χ2n) is 6.23. The molecule has 4 rings (SSSR count). The molecule has 0 saturated heterocycles. The smallest absolute Gasteiger partial charge is 0.293 e. The van der Waals surface area contributed by atoms with Gasteiger partial charge in [0.2, 0.25) is 0 Å². The van der Waals surface area contributed by atoms with Crippen LogP contribution in [0.25, 0.3) is 16.7 Å². The van der Waals surface area contributed by atoms with Gasteiger partial charge in [-0.15, -0.1) is 10.2 Å². The van der Waals surface area contributed by atoms with Crippen LogP contribution in [0, 0.1) is 6.92 Å². The predicted octanol–water partition coefficient (Wildman–Crippen LogP) is 3.46. The van der Waals surface area contributed by atoms with E-state index in [1.807, 2.05) is 43.3 Å². The first-order valence-electron chi connectivity index (χ1n) is 8.71. The van der Waals surface area contributed by atoms with Crippen LogP contribution in [0.15, 0.2) is 59.2 Å². The van der Waals surface area contributed by atoms with E-state index in [2.05, 4.69) is 20.8 Å². The van der Waals surface area contributed by atoms with Crippen molar-refractivity contribution in [3.05, 3.63) is 66.1 Å². The van der Waals surface area contributed by atoms with Gasteiger partial charge in [0.05, 0.1) is 19.1 Å². The lowest BCUT2D eigenvalue weighted by atomic mass is 10.2. The Morgan fingerprint density at radius 2 is 1.86 bits per heavy atom. The summed E-state index contributed by atoms with van der Waals surface area (Å²) >= 11 is 5.24. The van der Waals surface area contributed by atoms with Gasteiger partial charge in [-0.3, -0.25) is 10.1 Å². The first-order valence-corrected chi connectivity index (χ1v) is 9.12. The van der Waals surface area contributed by atoms with Gasteiger partial charge in [0.25, 0.3) is 5.91 Å². The monoisotopic (exact) mass is 407 g/mol. The highest BCUT2D eigenvalue weighted by atomic mass is 32.1. The number of nitrogens with one attached hydrogen (secondary N) is 2. The summed E-state index contributed by atoms with van der Waals surface area (Å²) in [5, 5.41) is 14.8. The van der Waals surface area contributed by atoms with E-state index in [1.54, 1.807) is 24.0 Å². The number of amides is 1. The average Bonchev–Trinajstić information content (AvgIpc) is 3.38. The number of methoxy groups -OCH3 is 1. The molecule has 2 aromatic heterocycles. The zero-order chi connectivity index (χ0) is 20.4. The third-order valence-corrected chi connectivity index (χ3v) is 4.45. The fourth-order valence-electron chi connectivity index (χ4n) is 2.76. The first-order chi connectivity index (χ1) is 14.0.